The molecule has 0 unspecified atom stereocenters. The molecule has 0 bridgehead atoms. The molecule has 0 aromatic heterocycles. The lowest BCUT2D eigenvalue weighted by molar-refractivity contribution is -0.134. The number of amides is 2. The first-order valence-corrected chi connectivity index (χ1v) is 9.94. The van der Waals surface area contributed by atoms with Gasteiger partial charge in [-0.05, 0) is 43.3 Å². The van der Waals surface area contributed by atoms with Crippen molar-refractivity contribution in [2.75, 3.05) is 39.4 Å². The number of carbonyl (C=O) groups excluding carboxylic acids is 2. The molecule has 9 heteroatoms. The molecule has 31 heavy (non-hydrogen) atoms. The third-order valence-corrected chi connectivity index (χ3v) is 4.75. The summed E-state index contributed by atoms with van der Waals surface area (Å²) < 4.78 is 40.5. The second kappa shape index (κ2) is 10.6. The minimum Gasteiger partial charge on any atom is -0.494 e. The highest BCUT2D eigenvalue weighted by atomic mass is 19.3. The predicted octanol–water partition coefficient (Wildman–Crippen LogP) is 3.05. The number of ether oxygens (including phenoxy) is 3. The van der Waals surface area contributed by atoms with E-state index in [2.05, 4.69) is 4.74 Å². The molecule has 0 N–H and O–H groups in total. The Kier molecular flexibility index (Phi) is 7.64. The number of nitrogens with zero attached hydrogens (tertiary/aromatic N) is 2. The zero-order valence-corrected chi connectivity index (χ0v) is 17.1. The van der Waals surface area contributed by atoms with Crippen molar-refractivity contribution in [3.05, 3.63) is 54.1 Å². The summed E-state index contributed by atoms with van der Waals surface area (Å²) in [5.74, 6) is 0.518. The van der Waals surface area contributed by atoms with Crippen LogP contribution in [0.4, 0.5) is 8.78 Å². The lowest BCUT2D eigenvalue weighted by Gasteiger charge is -2.35. The molecule has 166 valence electrons. The number of para-hydroxylation sites is 1. The maximum atomic E-state index is 12.7. The van der Waals surface area contributed by atoms with E-state index in [9.17, 15) is 18.4 Å². The number of hydrogen-bond acceptors (Lipinski definition) is 5. The van der Waals surface area contributed by atoms with E-state index < -0.39 is 12.5 Å². The van der Waals surface area contributed by atoms with E-state index in [0.29, 0.717) is 25.4 Å². The van der Waals surface area contributed by atoms with Crippen molar-refractivity contribution in [2.24, 2.45) is 0 Å². The van der Waals surface area contributed by atoms with Gasteiger partial charge in [-0.2, -0.15) is 8.78 Å². The Morgan fingerprint density at radius 2 is 1.48 bits per heavy atom. The van der Waals surface area contributed by atoms with Crippen molar-refractivity contribution in [1.82, 2.24) is 9.80 Å². The summed E-state index contributed by atoms with van der Waals surface area (Å²) >= 11 is 0. The van der Waals surface area contributed by atoms with Gasteiger partial charge in [-0.25, -0.2) is 0 Å². The summed E-state index contributed by atoms with van der Waals surface area (Å²) in [4.78, 5) is 28.3. The van der Waals surface area contributed by atoms with Gasteiger partial charge in [0.15, 0.2) is 6.61 Å². The number of piperazine rings is 1. The molecular formula is C22H24F2N2O5. The number of carbonyl (C=O) groups is 2. The molecule has 1 fully saturated rings. The third kappa shape index (κ3) is 6.07. The number of rotatable bonds is 8. The molecule has 0 saturated carbocycles. The predicted molar refractivity (Wildman–Crippen MR) is 109 cm³/mol. The Bertz CT molecular complexity index is 884. The normalized spacial score (nSPS) is 13.8. The Hall–Kier alpha value is -3.36. The van der Waals surface area contributed by atoms with Gasteiger partial charge >= 0.3 is 6.61 Å². The first-order chi connectivity index (χ1) is 15.0. The van der Waals surface area contributed by atoms with Gasteiger partial charge in [0.25, 0.3) is 11.8 Å². The van der Waals surface area contributed by atoms with Crippen LogP contribution in [0.2, 0.25) is 0 Å². The van der Waals surface area contributed by atoms with Crippen LogP contribution < -0.4 is 14.2 Å². The van der Waals surface area contributed by atoms with E-state index >= 15 is 0 Å². The van der Waals surface area contributed by atoms with Crippen LogP contribution in [0.5, 0.6) is 17.2 Å². The lowest BCUT2D eigenvalue weighted by atomic mass is 10.1. The lowest BCUT2D eigenvalue weighted by Crippen LogP contribution is -2.51. The molecular weight excluding hydrogens is 410 g/mol. The average molecular weight is 434 g/mol. The smallest absolute Gasteiger partial charge is 0.387 e. The standard InChI is InChI=1S/C22H24F2N2O5/c1-2-29-16-7-9-17(10-8-16)30-15-20(27)25-11-13-26(14-12-25)21(28)18-5-3-4-6-19(18)31-22(23)24/h3-10,22H,2,11-15H2,1H3. The van der Waals surface area contributed by atoms with Gasteiger partial charge in [0, 0.05) is 26.2 Å². The third-order valence-electron chi connectivity index (χ3n) is 4.75. The molecule has 2 aromatic carbocycles. The summed E-state index contributed by atoms with van der Waals surface area (Å²) in [6.07, 6.45) is 0. The molecule has 2 amide bonds. The summed E-state index contributed by atoms with van der Waals surface area (Å²) in [5.41, 5.74) is 0.0707. The second-order valence-corrected chi connectivity index (χ2v) is 6.74. The number of halogens is 2. The molecule has 0 radical (unpaired) electrons. The molecule has 7 nitrogen and oxygen atoms in total. The van der Waals surface area contributed by atoms with Crippen LogP contribution in [-0.2, 0) is 4.79 Å². The van der Waals surface area contributed by atoms with Gasteiger partial charge in [0.1, 0.15) is 17.2 Å². The van der Waals surface area contributed by atoms with E-state index in [-0.39, 0.29) is 36.9 Å². The zero-order chi connectivity index (χ0) is 22.2. The largest absolute Gasteiger partial charge is 0.494 e. The van der Waals surface area contributed by atoms with Crippen molar-refractivity contribution >= 4 is 11.8 Å². The summed E-state index contributed by atoms with van der Waals surface area (Å²) in [7, 11) is 0. The van der Waals surface area contributed by atoms with Crippen LogP contribution in [0.15, 0.2) is 48.5 Å². The zero-order valence-electron chi connectivity index (χ0n) is 17.1. The van der Waals surface area contributed by atoms with Crippen molar-refractivity contribution in [3.8, 4) is 17.2 Å². The fourth-order valence-corrected chi connectivity index (χ4v) is 3.21. The van der Waals surface area contributed by atoms with Crippen LogP contribution in [0.25, 0.3) is 0 Å². The van der Waals surface area contributed by atoms with Crippen molar-refractivity contribution < 1.29 is 32.6 Å². The molecule has 1 saturated heterocycles. The highest BCUT2D eigenvalue weighted by molar-refractivity contribution is 5.97. The number of hydrogen-bond donors (Lipinski definition) is 0. The van der Waals surface area contributed by atoms with Crippen molar-refractivity contribution in [1.29, 1.82) is 0 Å². The molecule has 3 rings (SSSR count). The minimum absolute atomic E-state index is 0.0707. The van der Waals surface area contributed by atoms with Crippen LogP contribution in [-0.4, -0.2) is 67.6 Å². The summed E-state index contributed by atoms with van der Waals surface area (Å²) in [6, 6.07) is 12.9. The van der Waals surface area contributed by atoms with Crippen LogP contribution in [0.3, 0.4) is 0 Å². The molecule has 2 aromatic rings. The topological polar surface area (TPSA) is 68.3 Å². The highest BCUT2D eigenvalue weighted by Gasteiger charge is 2.27. The van der Waals surface area contributed by atoms with Gasteiger partial charge in [-0.1, -0.05) is 12.1 Å². The fourth-order valence-electron chi connectivity index (χ4n) is 3.21. The first kappa shape index (κ1) is 22.3. The SMILES string of the molecule is CCOc1ccc(OCC(=O)N2CCN(C(=O)c3ccccc3OC(F)F)CC2)cc1. The van der Waals surface area contributed by atoms with E-state index in [1.807, 2.05) is 6.92 Å². The summed E-state index contributed by atoms with van der Waals surface area (Å²) in [6.45, 7) is 0.563. The molecule has 1 aliphatic heterocycles. The van der Waals surface area contributed by atoms with E-state index in [1.165, 1.54) is 23.1 Å². The van der Waals surface area contributed by atoms with Crippen LogP contribution >= 0.6 is 0 Å². The van der Waals surface area contributed by atoms with Crippen molar-refractivity contribution in [3.63, 3.8) is 0 Å². The van der Waals surface area contributed by atoms with Gasteiger partial charge in [0.2, 0.25) is 0 Å². The molecule has 0 spiro atoms. The van der Waals surface area contributed by atoms with Gasteiger partial charge in [-0.15, -0.1) is 0 Å². The Morgan fingerprint density at radius 1 is 0.903 bits per heavy atom. The van der Waals surface area contributed by atoms with Crippen LogP contribution in [0.1, 0.15) is 17.3 Å². The average Bonchev–Trinajstić information content (AvgIpc) is 2.78. The van der Waals surface area contributed by atoms with Gasteiger partial charge in [0.05, 0.1) is 12.2 Å². The van der Waals surface area contributed by atoms with Crippen LogP contribution in [0, 0.1) is 0 Å². The molecule has 0 atom stereocenters. The van der Waals surface area contributed by atoms with E-state index in [1.54, 1.807) is 35.2 Å². The maximum absolute atomic E-state index is 12.7. The van der Waals surface area contributed by atoms with E-state index in [0.717, 1.165) is 5.75 Å². The Labute approximate surface area is 179 Å². The van der Waals surface area contributed by atoms with Crippen molar-refractivity contribution in [2.45, 2.75) is 13.5 Å². The molecule has 1 aliphatic rings. The Balaban J connectivity index is 1.50. The minimum atomic E-state index is -3.02. The second-order valence-electron chi connectivity index (χ2n) is 6.74. The quantitative estimate of drug-likeness (QED) is 0.639. The molecule has 1 heterocycles. The maximum Gasteiger partial charge on any atom is 0.387 e. The van der Waals surface area contributed by atoms with E-state index in [4.69, 9.17) is 9.47 Å². The fraction of sp³-hybridized carbons (Fsp3) is 0.364. The first-order valence-electron chi connectivity index (χ1n) is 9.94. The summed E-state index contributed by atoms with van der Waals surface area (Å²) in [5, 5.41) is 0. The Morgan fingerprint density at radius 3 is 2.10 bits per heavy atom. The number of benzene rings is 2. The molecule has 0 aliphatic carbocycles. The number of alkyl halides is 2. The highest BCUT2D eigenvalue weighted by Crippen LogP contribution is 2.23. The van der Waals surface area contributed by atoms with Gasteiger partial charge < -0.3 is 24.0 Å². The van der Waals surface area contributed by atoms with Gasteiger partial charge in [-0.3, -0.25) is 9.59 Å². The monoisotopic (exact) mass is 434 g/mol.